The first-order valence-corrected chi connectivity index (χ1v) is 6.26. The van der Waals surface area contributed by atoms with Crippen LogP contribution in [0.25, 0.3) is 0 Å². The van der Waals surface area contributed by atoms with E-state index in [9.17, 15) is 0 Å². The van der Waals surface area contributed by atoms with Crippen molar-refractivity contribution in [3.63, 3.8) is 0 Å². The number of hydrogen-bond donors (Lipinski definition) is 1. The molecular weight excluding hydrogens is 216 g/mol. The van der Waals surface area contributed by atoms with Gasteiger partial charge in [0.05, 0.1) is 18.9 Å². The molecule has 2 heterocycles. The molecule has 0 radical (unpaired) electrons. The molecule has 1 aromatic heterocycles. The van der Waals surface area contributed by atoms with Crippen molar-refractivity contribution in [3.8, 4) is 0 Å². The maximum atomic E-state index is 6.20. The third-order valence-corrected chi connectivity index (χ3v) is 3.26. The van der Waals surface area contributed by atoms with Gasteiger partial charge in [-0.25, -0.2) is 0 Å². The summed E-state index contributed by atoms with van der Waals surface area (Å²) in [6, 6.07) is 0.0484. The van der Waals surface area contributed by atoms with Gasteiger partial charge in [0, 0.05) is 31.9 Å². The molecule has 96 valence electrons. The van der Waals surface area contributed by atoms with E-state index in [-0.39, 0.29) is 12.1 Å². The molecule has 0 amide bonds. The van der Waals surface area contributed by atoms with Crippen LogP contribution in [0.5, 0.6) is 0 Å². The van der Waals surface area contributed by atoms with E-state index in [1.165, 1.54) is 5.56 Å². The van der Waals surface area contributed by atoms with Crippen LogP contribution in [-0.2, 0) is 17.7 Å². The minimum atomic E-state index is 0.0484. The molecule has 2 rings (SSSR count). The second kappa shape index (κ2) is 5.62. The molecule has 17 heavy (non-hydrogen) atoms. The summed E-state index contributed by atoms with van der Waals surface area (Å²) >= 11 is 0. The predicted molar refractivity (Wildman–Crippen MR) is 66.8 cm³/mol. The van der Waals surface area contributed by atoms with Crippen LogP contribution < -0.4 is 5.73 Å². The summed E-state index contributed by atoms with van der Waals surface area (Å²) in [4.78, 5) is 2.27. The van der Waals surface area contributed by atoms with Crippen molar-refractivity contribution in [3.05, 3.63) is 18.0 Å². The summed E-state index contributed by atoms with van der Waals surface area (Å²) in [6.07, 6.45) is 4.93. The summed E-state index contributed by atoms with van der Waals surface area (Å²) < 4.78 is 7.65. The maximum Gasteiger partial charge on any atom is 0.0856 e. The van der Waals surface area contributed by atoms with Gasteiger partial charge in [0.2, 0.25) is 0 Å². The van der Waals surface area contributed by atoms with Crippen LogP contribution in [0.3, 0.4) is 0 Å². The van der Waals surface area contributed by atoms with Gasteiger partial charge in [-0.05, 0) is 26.0 Å². The van der Waals surface area contributed by atoms with E-state index in [0.29, 0.717) is 0 Å². The summed E-state index contributed by atoms with van der Waals surface area (Å²) in [5, 5.41) is 4.26. The highest BCUT2D eigenvalue weighted by Crippen LogP contribution is 2.10. The summed E-state index contributed by atoms with van der Waals surface area (Å²) in [5.41, 5.74) is 7.40. The van der Waals surface area contributed by atoms with Gasteiger partial charge >= 0.3 is 0 Å². The number of ether oxygens (including phenoxy) is 1. The Hall–Kier alpha value is -0.910. The van der Waals surface area contributed by atoms with Crippen molar-refractivity contribution in [1.29, 1.82) is 0 Å². The first-order chi connectivity index (χ1) is 8.19. The van der Waals surface area contributed by atoms with Gasteiger partial charge in [-0.3, -0.25) is 4.68 Å². The van der Waals surface area contributed by atoms with Gasteiger partial charge in [0.1, 0.15) is 0 Å². The summed E-state index contributed by atoms with van der Waals surface area (Å²) in [6.45, 7) is 5.68. The molecule has 0 spiro atoms. The Labute approximate surface area is 103 Å². The Balaban J connectivity index is 1.89. The van der Waals surface area contributed by atoms with E-state index in [0.717, 1.165) is 32.7 Å². The number of morpholine rings is 1. The fraction of sp³-hybridized carbons (Fsp3) is 0.750. The number of hydrogen-bond acceptors (Lipinski definition) is 4. The van der Waals surface area contributed by atoms with Gasteiger partial charge in [-0.15, -0.1) is 0 Å². The zero-order valence-corrected chi connectivity index (χ0v) is 10.7. The topological polar surface area (TPSA) is 56.3 Å². The van der Waals surface area contributed by atoms with Gasteiger partial charge < -0.3 is 15.4 Å². The summed E-state index contributed by atoms with van der Waals surface area (Å²) in [7, 11) is 2.11. The van der Waals surface area contributed by atoms with Crippen molar-refractivity contribution >= 4 is 0 Å². The Morgan fingerprint density at radius 1 is 1.65 bits per heavy atom. The van der Waals surface area contributed by atoms with E-state index in [1.807, 2.05) is 10.9 Å². The van der Waals surface area contributed by atoms with Gasteiger partial charge in [0.25, 0.3) is 0 Å². The Kier molecular flexibility index (Phi) is 4.15. The Morgan fingerprint density at radius 3 is 3.12 bits per heavy atom. The Bertz CT molecular complexity index is 352. The molecule has 1 aromatic rings. The second-order valence-corrected chi connectivity index (χ2v) is 4.74. The first-order valence-electron chi connectivity index (χ1n) is 6.26. The third-order valence-electron chi connectivity index (χ3n) is 3.26. The summed E-state index contributed by atoms with van der Waals surface area (Å²) in [5.74, 6) is 0. The fourth-order valence-electron chi connectivity index (χ4n) is 2.16. The van der Waals surface area contributed by atoms with Crippen LogP contribution in [0, 0.1) is 0 Å². The van der Waals surface area contributed by atoms with Crippen molar-refractivity contribution in [2.75, 3.05) is 26.7 Å². The quantitative estimate of drug-likeness (QED) is 0.808. The normalized spacial score (nSPS) is 23.8. The molecule has 1 aliphatic heterocycles. The molecule has 1 saturated heterocycles. The molecule has 1 aliphatic rings. The zero-order valence-electron chi connectivity index (χ0n) is 10.7. The average molecular weight is 238 g/mol. The number of nitrogens with two attached hydrogens (primary N) is 1. The fourth-order valence-corrected chi connectivity index (χ4v) is 2.16. The lowest BCUT2D eigenvalue weighted by molar-refractivity contribution is -0.0319. The predicted octanol–water partition coefficient (Wildman–Crippen LogP) is 0.103. The molecular formula is C12H22N4O. The number of rotatable bonds is 4. The van der Waals surface area contributed by atoms with Gasteiger partial charge in [0.15, 0.2) is 0 Å². The number of nitrogens with zero attached hydrogens (tertiary/aromatic N) is 3. The highest BCUT2D eigenvalue weighted by molar-refractivity contribution is 5.07. The molecule has 2 unspecified atom stereocenters. The van der Waals surface area contributed by atoms with Crippen molar-refractivity contribution in [2.24, 2.45) is 5.73 Å². The van der Waals surface area contributed by atoms with Crippen LogP contribution in [0.2, 0.25) is 0 Å². The lowest BCUT2D eigenvalue weighted by atomic mass is 10.0. The van der Waals surface area contributed by atoms with E-state index in [2.05, 4.69) is 30.2 Å². The van der Waals surface area contributed by atoms with Crippen molar-refractivity contribution in [1.82, 2.24) is 14.7 Å². The van der Waals surface area contributed by atoms with Gasteiger partial charge in [-0.2, -0.15) is 5.10 Å². The van der Waals surface area contributed by atoms with E-state index < -0.39 is 0 Å². The largest absolute Gasteiger partial charge is 0.374 e. The smallest absolute Gasteiger partial charge is 0.0856 e. The van der Waals surface area contributed by atoms with Crippen LogP contribution in [0.4, 0.5) is 0 Å². The SMILES string of the molecule is CCn1cc(CC(N)C2CN(C)CCO2)cn1. The molecule has 0 aliphatic carbocycles. The first kappa shape index (κ1) is 12.5. The maximum absolute atomic E-state index is 6.20. The van der Waals surface area contributed by atoms with Crippen LogP contribution in [-0.4, -0.2) is 53.6 Å². The van der Waals surface area contributed by atoms with Crippen LogP contribution >= 0.6 is 0 Å². The molecule has 0 aromatic carbocycles. The molecule has 1 fully saturated rings. The van der Waals surface area contributed by atoms with Crippen molar-refractivity contribution in [2.45, 2.75) is 32.0 Å². The number of likely N-dealkylation sites (N-methyl/N-ethyl adjacent to an activating group) is 1. The van der Waals surface area contributed by atoms with E-state index in [1.54, 1.807) is 0 Å². The molecule has 0 saturated carbocycles. The molecule has 5 heteroatoms. The lowest BCUT2D eigenvalue weighted by Crippen LogP contribution is -2.50. The second-order valence-electron chi connectivity index (χ2n) is 4.74. The average Bonchev–Trinajstić information content (AvgIpc) is 2.77. The highest BCUT2D eigenvalue weighted by Gasteiger charge is 2.24. The van der Waals surface area contributed by atoms with Crippen LogP contribution in [0.15, 0.2) is 12.4 Å². The lowest BCUT2D eigenvalue weighted by Gasteiger charge is -2.33. The van der Waals surface area contributed by atoms with Crippen LogP contribution in [0.1, 0.15) is 12.5 Å². The number of aromatic nitrogens is 2. The monoisotopic (exact) mass is 238 g/mol. The minimum Gasteiger partial charge on any atom is -0.374 e. The van der Waals surface area contributed by atoms with E-state index >= 15 is 0 Å². The zero-order chi connectivity index (χ0) is 12.3. The molecule has 0 bridgehead atoms. The molecule has 5 nitrogen and oxygen atoms in total. The van der Waals surface area contributed by atoms with Crippen molar-refractivity contribution < 1.29 is 4.74 Å². The molecule has 2 N–H and O–H groups in total. The Morgan fingerprint density at radius 2 is 2.47 bits per heavy atom. The number of aryl methyl sites for hydroxylation is 1. The minimum absolute atomic E-state index is 0.0484. The highest BCUT2D eigenvalue weighted by atomic mass is 16.5. The molecule has 2 atom stereocenters. The van der Waals surface area contributed by atoms with E-state index in [4.69, 9.17) is 10.5 Å². The van der Waals surface area contributed by atoms with Gasteiger partial charge in [-0.1, -0.05) is 0 Å². The third kappa shape index (κ3) is 3.28. The standard InChI is InChI=1S/C12H22N4O/c1-3-16-8-10(7-14-16)6-11(13)12-9-15(2)4-5-17-12/h7-8,11-12H,3-6,9,13H2,1-2H3.